The molecule has 1 atom stereocenters. The number of fused-ring (bicyclic) bond motifs is 1. The van der Waals surface area contributed by atoms with Crippen LogP contribution in [0.15, 0.2) is 18.2 Å². The van der Waals surface area contributed by atoms with Crippen LogP contribution in [0.3, 0.4) is 0 Å². The Morgan fingerprint density at radius 1 is 1.26 bits per heavy atom. The summed E-state index contributed by atoms with van der Waals surface area (Å²) >= 11 is 1.84. The van der Waals surface area contributed by atoms with Gasteiger partial charge in [-0.05, 0) is 62.3 Å². The lowest BCUT2D eigenvalue weighted by molar-refractivity contribution is 0.341. The number of rotatable bonds is 6. The van der Waals surface area contributed by atoms with Crippen molar-refractivity contribution in [1.82, 2.24) is 4.98 Å². The zero-order valence-electron chi connectivity index (χ0n) is 12.1. The Balaban J connectivity index is 2.04. The fourth-order valence-corrected chi connectivity index (χ4v) is 3.49. The van der Waals surface area contributed by atoms with Gasteiger partial charge in [-0.15, -0.1) is 11.3 Å². The number of thiazole rings is 1. The molecule has 1 aromatic carbocycles. The van der Waals surface area contributed by atoms with Crippen molar-refractivity contribution in [2.24, 2.45) is 17.6 Å². The lowest BCUT2D eigenvalue weighted by Gasteiger charge is -2.19. The lowest BCUT2D eigenvalue weighted by atomic mass is 9.88. The molecule has 0 fully saturated rings. The summed E-state index contributed by atoms with van der Waals surface area (Å²) in [5.41, 5.74) is 8.14. The number of benzene rings is 1. The zero-order chi connectivity index (χ0) is 13.8. The van der Waals surface area contributed by atoms with Gasteiger partial charge in [-0.1, -0.05) is 19.9 Å². The first kappa shape index (κ1) is 14.5. The van der Waals surface area contributed by atoms with Gasteiger partial charge in [-0.25, -0.2) is 4.98 Å². The minimum atomic E-state index is 0.708. The van der Waals surface area contributed by atoms with E-state index in [1.807, 2.05) is 11.3 Å². The quantitative estimate of drug-likeness (QED) is 0.860. The van der Waals surface area contributed by atoms with Crippen molar-refractivity contribution < 1.29 is 0 Å². The summed E-state index contributed by atoms with van der Waals surface area (Å²) in [4.78, 5) is 4.75. The Morgan fingerprint density at radius 3 is 2.74 bits per heavy atom. The van der Waals surface area contributed by atoms with Crippen LogP contribution in [0.1, 0.15) is 37.3 Å². The summed E-state index contributed by atoms with van der Waals surface area (Å²) in [5, 5.41) is 1.27. The van der Waals surface area contributed by atoms with Crippen LogP contribution in [-0.4, -0.2) is 11.5 Å². The second-order valence-corrected chi connectivity index (χ2v) is 6.81. The van der Waals surface area contributed by atoms with Crippen molar-refractivity contribution in [3.05, 3.63) is 28.8 Å². The molecule has 0 aliphatic carbocycles. The van der Waals surface area contributed by atoms with E-state index in [-0.39, 0.29) is 0 Å². The third-order valence-corrected chi connectivity index (χ3v) is 4.89. The van der Waals surface area contributed by atoms with Gasteiger partial charge in [-0.3, -0.25) is 0 Å². The molecule has 19 heavy (non-hydrogen) atoms. The van der Waals surface area contributed by atoms with E-state index in [1.165, 1.54) is 21.7 Å². The van der Waals surface area contributed by atoms with Crippen LogP contribution in [0.5, 0.6) is 0 Å². The second kappa shape index (κ2) is 6.49. The number of aryl methyl sites for hydroxylation is 2. The van der Waals surface area contributed by atoms with Crippen LogP contribution in [0.4, 0.5) is 0 Å². The smallest absolute Gasteiger partial charge is 0.0938 e. The van der Waals surface area contributed by atoms with Gasteiger partial charge in [0.15, 0.2) is 0 Å². The Bertz CT molecular complexity index is 531. The first-order valence-corrected chi connectivity index (χ1v) is 7.98. The Hall–Kier alpha value is -0.930. The molecule has 2 N–H and O–H groups in total. The molecule has 104 valence electrons. The normalized spacial score (nSPS) is 13.3. The molecule has 3 heteroatoms. The molecule has 0 spiro atoms. The topological polar surface area (TPSA) is 38.9 Å². The van der Waals surface area contributed by atoms with E-state index >= 15 is 0 Å². The zero-order valence-corrected chi connectivity index (χ0v) is 13.0. The first-order chi connectivity index (χ1) is 9.10. The summed E-state index contributed by atoms with van der Waals surface area (Å²) in [5.74, 6) is 1.43. The van der Waals surface area contributed by atoms with Gasteiger partial charge in [0.05, 0.1) is 15.2 Å². The van der Waals surface area contributed by atoms with Crippen molar-refractivity contribution in [3.8, 4) is 0 Å². The summed E-state index contributed by atoms with van der Waals surface area (Å²) in [6, 6.07) is 6.52. The van der Waals surface area contributed by atoms with E-state index in [2.05, 4.69) is 39.0 Å². The summed E-state index contributed by atoms with van der Waals surface area (Å²) < 4.78 is 1.31. The maximum atomic E-state index is 5.70. The molecule has 1 aromatic heterocycles. The Morgan fingerprint density at radius 2 is 2.05 bits per heavy atom. The van der Waals surface area contributed by atoms with Crippen molar-refractivity contribution in [3.63, 3.8) is 0 Å². The molecular formula is C16H24N2S. The third-order valence-electron chi connectivity index (χ3n) is 3.80. The lowest BCUT2D eigenvalue weighted by Crippen LogP contribution is -2.15. The first-order valence-electron chi connectivity index (χ1n) is 7.16. The molecule has 0 aliphatic heterocycles. The molecule has 0 saturated carbocycles. The van der Waals surface area contributed by atoms with Gasteiger partial charge < -0.3 is 5.73 Å². The summed E-state index contributed by atoms with van der Waals surface area (Å²) in [6.45, 7) is 7.50. The fourth-order valence-electron chi connectivity index (χ4n) is 2.53. The van der Waals surface area contributed by atoms with Crippen LogP contribution in [0.2, 0.25) is 0 Å². The van der Waals surface area contributed by atoms with E-state index in [1.54, 1.807) is 0 Å². The SMILES string of the molecule is Cc1ccc2sc(CCC(CCN)C(C)C)nc2c1. The average Bonchev–Trinajstić information content (AvgIpc) is 2.75. The predicted octanol–water partition coefficient (Wildman–Crippen LogP) is 4.16. The maximum absolute atomic E-state index is 5.70. The second-order valence-electron chi connectivity index (χ2n) is 5.70. The molecule has 2 rings (SSSR count). The fraction of sp³-hybridized carbons (Fsp3) is 0.562. The molecule has 1 unspecified atom stereocenters. The van der Waals surface area contributed by atoms with Gasteiger partial charge in [0, 0.05) is 0 Å². The monoisotopic (exact) mass is 276 g/mol. The summed E-state index contributed by atoms with van der Waals surface area (Å²) in [6.07, 6.45) is 3.41. The van der Waals surface area contributed by atoms with Gasteiger partial charge >= 0.3 is 0 Å². The summed E-state index contributed by atoms with van der Waals surface area (Å²) in [7, 11) is 0. The standard InChI is InChI=1S/C16H24N2S/c1-11(2)13(8-9-17)5-7-16-18-14-10-12(3)4-6-15(14)19-16/h4,6,10-11,13H,5,7-9,17H2,1-3H3. The molecule has 2 aromatic rings. The number of hydrogen-bond acceptors (Lipinski definition) is 3. The molecule has 0 aliphatic rings. The van der Waals surface area contributed by atoms with Crippen molar-refractivity contribution in [2.45, 2.75) is 40.0 Å². The van der Waals surface area contributed by atoms with E-state index in [9.17, 15) is 0 Å². The van der Waals surface area contributed by atoms with Gasteiger partial charge in [0.1, 0.15) is 0 Å². The van der Waals surface area contributed by atoms with E-state index in [0.29, 0.717) is 5.92 Å². The van der Waals surface area contributed by atoms with E-state index in [4.69, 9.17) is 10.7 Å². The minimum Gasteiger partial charge on any atom is -0.330 e. The Labute approximate surface area is 120 Å². The van der Waals surface area contributed by atoms with Crippen LogP contribution >= 0.6 is 11.3 Å². The highest BCUT2D eigenvalue weighted by Gasteiger charge is 2.13. The van der Waals surface area contributed by atoms with Crippen LogP contribution in [-0.2, 0) is 6.42 Å². The van der Waals surface area contributed by atoms with Gasteiger partial charge in [0.25, 0.3) is 0 Å². The van der Waals surface area contributed by atoms with Crippen molar-refractivity contribution in [1.29, 1.82) is 0 Å². The molecule has 2 nitrogen and oxygen atoms in total. The van der Waals surface area contributed by atoms with Crippen LogP contribution < -0.4 is 5.73 Å². The number of nitrogens with zero attached hydrogens (tertiary/aromatic N) is 1. The van der Waals surface area contributed by atoms with Crippen LogP contribution in [0, 0.1) is 18.8 Å². The Kier molecular flexibility index (Phi) is 4.94. The maximum Gasteiger partial charge on any atom is 0.0938 e. The predicted molar refractivity (Wildman–Crippen MR) is 84.7 cm³/mol. The van der Waals surface area contributed by atoms with E-state index in [0.717, 1.165) is 30.8 Å². The number of hydrogen-bond donors (Lipinski definition) is 1. The number of aromatic nitrogens is 1. The molecule has 0 radical (unpaired) electrons. The third kappa shape index (κ3) is 3.77. The molecule has 0 saturated heterocycles. The van der Waals surface area contributed by atoms with Gasteiger partial charge in [-0.2, -0.15) is 0 Å². The minimum absolute atomic E-state index is 0.708. The van der Waals surface area contributed by atoms with Crippen molar-refractivity contribution in [2.75, 3.05) is 6.54 Å². The highest BCUT2D eigenvalue weighted by molar-refractivity contribution is 7.18. The van der Waals surface area contributed by atoms with E-state index < -0.39 is 0 Å². The molecular weight excluding hydrogens is 252 g/mol. The largest absolute Gasteiger partial charge is 0.330 e. The van der Waals surface area contributed by atoms with Gasteiger partial charge in [0.2, 0.25) is 0 Å². The van der Waals surface area contributed by atoms with Crippen LogP contribution in [0.25, 0.3) is 10.2 Å². The highest BCUT2D eigenvalue weighted by Crippen LogP contribution is 2.26. The molecule has 1 heterocycles. The van der Waals surface area contributed by atoms with Crippen molar-refractivity contribution >= 4 is 21.6 Å². The highest BCUT2D eigenvalue weighted by atomic mass is 32.1. The number of nitrogens with two attached hydrogens (primary N) is 1. The average molecular weight is 276 g/mol. The molecule has 0 bridgehead atoms. The molecule has 0 amide bonds.